The smallest absolute Gasteiger partial charge is 0.232 e. The number of carbonyl (C=O) groups is 1. The maximum atomic E-state index is 13.1. The van der Waals surface area contributed by atoms with Gasteiger partial charge >= 0.3 is 0 Å². The van der Waals surface area contributed by atoms with Crippen LogP contribution in [-0.4, -0.2) is 10.4 Å². The summed E-state index contributed by atoms with van der Waals surface area (Å²) in [7, 11) is 0. The van der Waals surface area contributed by atoms with Gasteiger partial charge in [-0.3, -0.25) is 4.79 Å². The van der Waals surface area contributed by atoms with Crippen molar-refractivity contribution in [3.63, 3.8) is 0 Å². The Kier molecular flexibility index (Phi) is 5.65. The molecule has 0 saturated carbocycles. The first kappa shape index (κ1) is 21.6. The number of ketones is 1. The number of Topliss-reactive ketones (excluding diaryl/α,β-unsaturated/α-hetero) is 1. The van der Waals surface area contributed by atoms with Crippen LogP contribution in [0, 0.1) is 6.92 Å². The minimum atomic E-state index is -0.122. The van der Waals surface area contributed by atoms with Crippen molar-refractivity contribution in [2.45, 2.75) is 27.0 Å². The number of hydrogen-bond donors (Lipinski definition) is 0. The van der Waals surface area contributed by atoms with Gasteiger partial charge in [0.05, 0.1) is 5.56 Å². The topological polar surface area (TPSA) is 40.5 Å². The highest BCUT2D eigenvalue weighted by Crippen LogP contribution is 2.38. The number of carbonyl (C=O) groups excluding carboxylic acids is 1. The molecule has 3 aromatic carbocycles. The van der Waals surface area contributed by atoms with E-state index in [0.717, 1.165) is 34.1 Å². The Morgan fingerprint density at radius 2 is 1.91 bits per heavy atom. The first-order valence-electron chi connectivity index (χ1n) is 10.7. The van der Waals surface area contributed by atoms with Crippen molar-refractivity contribution in [2.75, 3.05) is 0 Å². The molecule has 1 aliphatic rings. The van der Waals surface area contributed by atoms with Gasteiger partial charge in [0, 0.05) is 50.9 Å². The van der Waals surface area contributed by atoms with Crippen LogP contribution in [0.4, 0.5) is 0 Å². The molecular formula is C27H21Cl2NO3. The molecule has 0 saturated heterocycles. The zero-order valence-corrected chi connectivity index (χ0v) is 19.7. The lowest BCUT2D eigenvalue weighted by molar-refractivity contribution is 0.101. The van der Waals surface area contributed by atoms with Crippen molar-refractivity contribution in [3.05, 3.63) is 98.9 Å². The fourth-order valence-corrected chi connectivity index (χ4v) is 4.62. The number of nitrogens with zero attached hydrogens (tertiary/aromatic N) is 1. The summed E-state index contributed by atoms with van der Waals surface area (Å²) in [6, 6.07) is 17.0. The summed E-state index contributed by atoms with van der Waals surface area (Å²) in [5, 5.41) is 2.20. The zero-order chi connectivity index (χ0) is 23.1. The molecule has 0 spiro atoms. The Labute approximate surface area is 202 Å². The molecule has 4 aromatic rings. The van der Waals surface area contributed by atoms with Crippen LogP contribution in [0.2, 0.25) is 10.0 Å². The van der Waals surface area contributed by atoms with Gasteiger partial charge in [-0.2, -0.15) is 0 Å². The van der Waals surface area contributed by atoms with Crippen molar-refractivity contribution in [2.24, 2.45) is 0 Å². The maximum absolute atomic E-state index is 13.1. The number of benzene rings is 3. The number of para-hydroxylation sites is 1. The average Bonchev–Trinajstić information content (AvgIpc) is 3.31. The molecule has 0 bridgehead atoms. The normalized spacial score (nSPS) is 14.1. The van der Waals surface area contributed by atoms with Gasteiger partial charge < -0.3 is 14.0 Å². The summed E-state index contributed by atoms with van der Waals surface area (Å²) < 4.78 is 14.1. The number of ether oxygens (including phenoxy) is 2. The lowest BCUT2D eigenvalue weighted by Gasteiger charge is -2.10. The molecule has 33 heavy (non-hydrogen) atoms. The van der Waals surface area contributed by atoms with Gasteiger partial charge in [-0.1, -0.05) is 47.5 Å². The van der Waals surface area contributed by atoms with E-state index in [0.29, 0.717) is 32.9 Å². The van der Waals surface area contributed by atoms with Gasteiger partial charge in [0.2, 0.25) is 5.78 Å². The van der Waals surface area contributed by atoms with Crippen molar-refractivity contribution in [1.29, 1.82) is 0 Å². The molecule has 0 aliphatic carbocycles. The minimum absolute atomic E-state index is 0.122. The Morgan fingerprint density at radius 1 is 1.09 bits per heavy atom. The number of aryl methyl sites for hydroxylation is 2. The Morgan fingerprint density at radius 3 is 2.70 bits per heavy atom. The molecular weight excluding hydrogens is 457 g/mol. The third-order valence-electron chi connectivity index (χ3n) is 5.80. The number of fused-ring (bicyclic) bond motifs is 2. The van der Waals surface area contributed by atoms with Gasteiger partial charge in [0.25, 0.3) is 0 Å². The molecule has 0 radical (unpaired) electrons. The number of rotatable bonds is 5. The molecule has 0 amide bonds. The highest BCUT2D eigenvalue weighted by Gasteiger charge is 2.30. The molecule has 166 valence electrons. The van der Waals surface area contributed by atoms with Crippen molar-refractivity contribution < 1.29 is 14.3 Å². The second kappa shape index (κ2) is 8.62. The molecule has 4 nitrogen and oxygen atoms in total. The average molecular weight is 478 g/mol. The summed E-state index contributed by atoms with van der Waals surface area (Å²) >= 11 is 12.2. The molecule has 0 atom stereocenters. The lowest BCUT2D eigenvalue weighted by atomic mass is 10.0. The van der Waals surface area contributed by atoms with E-state index in [1.54, 1.807) is 18.2 Å². The summed E-state index contributed by atoms with van der Waals surface area (Å²) in [5.74, 6) is 1.30. The monoisotopic (exact) mass is 477 g/mol. The molecule has 5 rings (SSSR count). The summed E-state index contributed by atoms with van der Waals surface area (Å²) in [5.41, 5.74) is 4.27. The number of halogens is 2. The Bertz CT molecular complexity index is 1440. The quantitative estimate of drug-likeness (QED) is 0.280. The van der Waals surface area contributed by atoms with Crippen LogP contribution < -0.4 is 9.47 Å². The van der Waals surface area contributed by atoms with Gasteiger partial charge in [0.1, 0.15) is 18.1 Å². The Hall–Kier alpha value is -3.21. The number of hydrogen-bond acceptors (Lipinski definition) is 3. The fourth-order valence-electron chi connectivity index (χ4n) is 4.15. The van der Waals surface area contributed by atoms with E-state index in [2.05, 4.69) is 29.8 Å². The van der Waals surface area contributed by atoms with E-state index in [-0.39, 0.29) is 12.4 Å². The van der Waals surface area contributed by atoms with Crippen LogP contribution in [0.5, 0.6) is 11.5 Å². The van der Waals surface area contributed by atoms with E-state index in [9.17, 15) is 4.79 Å². The maximum Gasteiger partial charge on any atom is 0.232 e. The lowest BCUT2D eigenvalue weighted by Crippen LogP contribution is -2.00. The minimum Gasteiger partial charge on any atom is -0.489 e. The second-order valence-electron chi connectivity index (χ2n) is 7.97. The first-order chi connectivity index (χ1) is 15.9. The third kappa shape index (κ3) is 4.01. The largest absolute Gasteiger partial charge is 0.489 e. The van der Waals surface area contributed by atoms with Crippen LogP contribution in [-0.2, 0) is 13.2 Å². The van der Waals surface area contributed by atoms with E-state index >= 15 is 0 Å². The van der Waals surface area contributed by atoms with E-state index < -0.39 is 0 Å². The Balaban J connectivity index is 1.43. The third-order valence-corrected chi connectivity index (χ3v) is 6.39. The van der Waals surface area contributed by atoms with Gasteiger partial charge in [0.15, 0.2) is 5.76 Å². The van der Waals surface area contributed by atoms with Crippen LogP contribution in [0.15, 0.2) is 66.6 Å². The summed E-state index contributed by atoms with van der Waals surface area (Å²) in [6.07, 6.45) is 3.87. The van der Waals surface area contributed by atoms with Crippen LogP contribution in [0.25, 0.3) is 17.0 Å². The second-order valence-corrected chi connectivity index (χ2v) is 8.81. The highest BCUT2D eigenvalue weighted by atomic mass is 35.5. The van der Waals surface area contributed by atoms with E-state index in [1.165, 1.54) is 0 Å². The number of aromatic nitrogens is 1. The van der Waals surface area contributed by atoms with Crippen LogP contribution in [0.1, 0.15) is 34.0 Å². The van der Waals surface area contributed by atoms with E-state index in [4.69, 9.17) is 32.7 Å². The molecule has 0 N–H and O–H groups in total. The summed E-state index contributed by atoms with van der Waals surface area (Å²) in [4.78, 5) is 13.1. The van der Waals surface area contributed by atoms with Gasteiger partial charge in [-0.05, 0) is 49.8 Å². The predicted molar refractivity (Wildman–Crippen MR) is 133 cm³/mol. The molecule has 1 aliphatic heterocycles. The first-order valence-corrected chi connectivity index (χ1v) is 11.4. The van der Waals surface area contributed by atoms with Crippen molar-refractivity contribution in [3.8, 4) is 11.5 Å². The van der Waals surface area contributed by atoms with Crippen LogP contribution in [0.3, 0.4) is 0 Å². The highest BCUT2D eigenvalue weighted by molar-refractivity contribution is 6.35. The molecule has 2 heterocycles. The molecule has 6 heteroatoms. The molecule has 1 aromatic heterocycles. The van der Waals surface area contributed by atoms with Gasteiger partial charge in [-0.25, -0.2) is 0 Å². The SMILES string of the molecule is CCn1cc(/C=C2\Oc3cc(OCc4ccc(Cl)cc4Cl)cc(C)c3C2=O)c2ccccc21. The standard InChI is InChI=1S/C27H21Cl2NO3/c1-3-30-14-18(21-6-4-5-7-23(21)30)11-25-27(31)26-16(2)10-20(13-24(26)33-25)32-15-17-8-9-19(28)12-22(17)29/h4-14H,3,15H2,1-2H3/b25-11-. The van der Waals surface area contributed by atoms with Crippen molar-refractivity contribution >= 4 is 46.0 Å². The zero-order valence-electron chi connectivity index (χ0n) is 18.2. The van der Waals surface area contributed by atoms with Crippen LogP contribution >= 0.6 is 23.2 Å². The van der Waals surface area contributed by atoms with Crippen molar-refractivity contribution in [1.82, 2.24) is 4.57 Å². The number of allylic oxidation sites excluding steroid dienone is 1. The van der Waals surface area contributed by atoms with E-state index in [1.807, 2.05) is 37.3 Å². The molecule has 0 unspecified atom stereocenters. The van der Waals surface area contributed by atoms with Gasteiger partial charge in [-0.15, -0.1) is 0 Å². The predicted octanol–water partition coefficient (Wildman–Crippen LogP) is 7.47. The summed E-state index contributed by atoms with van der Waals surface area (Å²) in [6.45, 7) is 5.10. The fraction of sp³-hybridized carbons (Fsp3) is 0.148. The molecule has 0 fully saturated rings.